The van der Waals surface area contributed by atoms with E-state index in [9.17, 15) is 4.79 Å². The van der Waals surface area contributed by atoms with Crippen LogP contribution < -0.4 is 10.6 Å². The summed E-state index contributed by atoms with van der Waals surface area (Å²) in [4.78, 5) is 10.8. The van der Waals surface area contributed by atoms with Gasteiger partial charge in [-0.1, -0.05) is 0 Å². The molecule has 1 fully saturated rings. The number of nitrogens with one attached hydrogen (secondary N) is 2. The van der Waals surface area contributed by atoms with Crippen molar-refractivity contribution in [2.45, 2.75) is 31.8 Å². The van der Waals surface area contributed by atoms with E-state index in [1.165, 1.54) is 7.11 Å². The van der Waals surface area contributed by atoms with Gasteiger partial charge < -0.3 is 15.4 Å². The van der Waals surface area contributed by atoms with Crippen molar-refractivity contribution in [2.75, 3.05) is 13.7 Å². The summed E-state index contributed by atoms with van der Waals surface area (Å²) in [5.41, 5.74) is 0. The van der Waals surface area contributed by atoms with E-state index in [0.29, 0.717) is 6.04 Å². The molecule has 1 amide bonds. The Morgan fingerprint density at radius 3 is 3.00 bits per heavy atom. The second-order valence-corrected chi connectivity index (χ2v) is 3.21. The molecule has 2 atom stereocenters. The predicted molar refractivity (Wildman–Crippen MR) is 46.0 cm³/mol. The van der Waals surface area contributed by atoms with Crippen molar-refractivity contribution in [1.29, 1.82) is 0 Å². The SMILES string of the molecule is COC(=O)NC1CCN[C@H](C)C1. The lowest BCUT2D eigenvalue weighted by atomic mass is 10.0. The summed E-state index contributed by atoms with van der Waals surface area (Å²) in [6.07, 6.45) is 1.64. The van der Waals surface area contributed by atoms with Crippen LogP contribution in [0.2, 0.25) is 0 Å². The molecular weight excluding hydrogens is 156 g/mol. The van der Waals surface area contributed by atoms with Gasteiger partial charge in [0.1, 0.15) is 0 Å². The largest absolute Gasteiger partial charge is 0.453 e. The van der Waals surface area contributed by atoms with Crippen molar-refractivity contribution >= 4 is 6.09 Å². The van der Waals surface area contributed by atoms with E-state index in [2.05, 4.69) is 22.3 Å². The second-order valence-electron chi connectivity index (χ2n) is 3.21. The number of ether oxygens (including phenoxy) is 1. The van der Waals surface area contributed by atoms with Crippen LogP contribution in [-0.4, -0.2) is 31.8 Å². The first kappa shape index (κ1) is 9.32. The topological polar surface area (TPSA) is 50.4 Å². The fourth-order valence-corrected chi connectivity index (χ4v) is 1.49. The van der Waals surface area contributed by atoms with Gasteiger partial charge in [-0.05, 0) is 26.3 Å². The highest BCUT2D eigenvalue weighted by Gasteiger charge is 2.19. The highest BCUT2D eigenvalue weighted by Crippen LogP contribution is 2.07. The lowest BCUT2D eigenvalue weighted by molar-refractivity contribution is 0.162. The van der Waals surface area contributed by atoms with E-state index >= 15 is 0 Å². The van der Waals surface area contributed by atoms with Gasteiger partial charge in [0.25, 0.3) is 0 Å². The molecule has 1 aliphatic heterocycles. The summed E-state index contributed by atoms with van der Waals surface area (Å²) < 4.78 is 4.52. The summed E-state index contributed by atoms with van der Waals surface area (Å²) in [6, 6.07) is 0.759. The number of hydrogen-bond acceptors (Lipinski definition) is 3. The minimum absolute atomic E-state index is 0.272. The number of alkyl carbamates (subject to hydrolysis) is 1. The first-order chi connectivity index (χ1) is 5.72. The summed E-state index contributed by atoms with van der Waals surface area (Å²) in [5.74, 6) is 0. The molecule has 1 heterocycles. The molecule has 1 saturated heterocycles. The summed E-state index contributed by atoms with van der Waals surface area (Å²) in [7, 11) is 1.39. The summed E-state index contributed by atoms with van der Waals surface area (Å²) >= 11 is 0. The fourth-order valence-electron chi connectivity index (χ4n) is 1.49. The third-order valence-electron chi connectivity index (χ3n) is 2.13. The molecule has 0 bridgehead atoms. The molecule has 4 heteroatoms. The van der Waals surface area contributed by atoms with E-state index in [1.807, 2.05) is 0 Å². The standard InChI is InChI=1S/C8H16N2O2/c1-6-5-7(3-4-9-6)10-8(11)12-2/h6-7,9H,3-5H2,1-2H3,(H,10,11)/t6-,7?/m1/s1. The molecule has 0 spiro atoms. The van der Waals surface area contributed by atoms with Crippen LogP contribution in [0.1, 0.15) is 19.8 Å². The van der Waals surface area contributed by atoms with Gasteiger partial charge in [0.2, 0.25) is 0 Å². The van der Waals surface area contributed by atoms with Gasteiger partial charge in [-0.3, -0.25) is 0 Å². The first-order valence-electron chi connectivity index (χ1n) is 4.30. The molecule has 12 heavy (non-hydrogen) atoms. The number of hydrogen-bond donors (Lipinski definition) is 2. The number of amides is 1. The Balaban J connectivity index is 2.27. The molecule has 0 aliphatic carbocycles. The first-order valence-corrected chi connectivity index (χ1v) is 4.30. The van der Waals surface area contributed by atoms with Crippen LogP contribution in [0.5, 0.6) is 0 Å². The van der Waals surface area contributed by atoms with Gasteiger partial charge in [0.15, 0.2) is 0 Å². The predicted octanol–water partition coefficient (Wildman–Crippen LogP) is 0.483. The van der Waals surface area contributed by atoms with Crippen LogP contribution in [0, 0.1) is 0 Å². The van der Waals surface area contributed by atoms with Crippen molar-refractivity contribution < 1.29 is 9.53 Å². The van der Waals surface area contributed by atoms with Crippen LogP contribution in [0.25, 0.3) is 0 Å². The van der Waals surface area contributed by atoms with Crippen LogP contribution in [0.4, 0.5) is 4.79 Å². The molecule has 2 N–H and O–H groups in total. The van der Waals surface area contributed by atoms with E-state index in [4.69, 9.17) is 0 Å². The Labute approximate surface area is 72.7 Å². The lowest BCUT2D eigenvalue weighted by Crippen LogP contribution is -2.46. The molecular formula is C8H16N2O2. The van der Waals surface area contributed by atoms with Crippen molar-refractivity contribution in [3.8, 4) is 0 Å². The van der Waals surface area contributed by atoms with E-state index in [-0.39, 0.29) is 12.1 Å². The molecule has 70 valence electrons. The molecule has 1 aliphatic rings. The van der Waals surface area contributed by atoms with Gasteiger partial charge in [-0.2, -0.15) is 0 Å². The Morgan fingerprint density at radius 2 is 2.42 bits per heavy atom. The van der Waals surface area contributed by atoms with Gasteiger partial charge in [0.05, 0.1) is 7.11 Å². The van der Waals surface area contributed by atoms with Crippen molar-refractivity contribution in [3.63, 3.8) is 0 Å². The summed E-state index contributed by atoms with van der Waals surface area (Å²) in [5, 5.41) is 6.11. The average molecular weight is 172 g/mol. The molecule has 0 aromatic rings. The lowest BCUT2D eigenvalue weighted by Gasteiger charge is -2.27. The van der Waals surface area contributed by atoms with Crippen LogP contribution in [0.3, 0.4) is 0 Å². The number of piperidine rings is 1. The minimum Gasteiger partial charge on any atom is -0.453 e. The number of carbonyl (C=O) groups is 1. The normalized spacial score (nSPS) is 29.5. The fraction of sp³-hybridized carbons (Fsp3) is 0.875. The Kier molecular flexibility index (Phi) is 3.34. The zero-order chi connectivity index (χ0) is 8.97. The molecule has 1 rings (SSSR count). The van der Waals surface area contributed by atoms with Crippen molar-refractivity contribution in [1.82, 2.24) is 10.6 Å². The van der Waals surface area contributed by atoms with E-state index in [0.717, 1.165) is 19.4 Å². The quantitative estimate of drug-likeness (QED) is 0.605. The zero-order valence-corrected chi connectivity index (χ0v) is 7.59. The van der Waals surface area contributed by atoms with Crippen LogP contribution >= 0.6 is 0 Å². The summed E-state index contributed by atoms with van der Waals surface area (Å²) in [6.45, 7) is 3.08. The van der Waals surface area contributed by atoms with Crippen LogP contribution in [-0.2, 0) is 4.74 Å². The second kappa shape index (κ2) is 4.30. The highest BCUT2D eigenvalue weighted by molar-refractivity contribution is 5.67. The number of carbonyl (C=O) groups excluding carboxylic acids is 1. The molecule has 0 aromatic carbocycles. The maximum absolute atomic E-state index is 10.8. The third kappa shape index (κ3) is 2.70. The number of methoxy groups -OCH3 is 1. The minimum atomic E-state index is -0.325. The monoisotopic (exact) mass is 172 g/mol. The Hall–Kier alpha value is -0.770. The van der Waals surface area contributed by atoms with Gasteiger partial charge >= 0.3 is 6.09 Å². The average Bonchev–Trinajstić information content (AvgIpc) is 2.04. The van der Waals surface area contributed by atoms with E-state index in [1.54, 1.807) is 0 Å². The molecule has 0 radical (unpaired) electrons. The molecule has 0 saturated carbocycles. The van der Waals surface area contributed by atoms with E-state index < -0.39 is 0 Å². The smallest absolute Gasteiger partial charge is 0.407 e. The molecule has 0 aromatic heterocycles. The third-order valence-corrected chi connectivity index (χ3v) is 2.13. The molecule has 1 unspecified atom stereocenters. The van der Waals surface area contributed by atoms with Gasteiger partial charge in [-0.25, -0.2) is 4.79 Å². The Morgan fingerprint density at radius 1 is 1.67 bits per heavy atom. The Bertz CT molecular complexity index is 161. The maximum Gasteiger partial charge on any atom is 0.407 e. The van der Waals surface area contributed by atoms with Crippen LogP contribution in [0.15, 0.2) is 0 Å². The zero-order valence-electron chi connectivity index (χ0n) is 7.59. The molecule has 4 nitrogen and oxygen atoms in total. The highest BCUT2D eigenvalue weighted by atomic mass is 16.5. The number of rotatable bonds is 1. The van der Waals surface area contributed by atoms with Gasteiger partial charge in [0, 0.05) is 12.1 Å². The van der Waals surface area contributed by atoms with Crippen molar-refractivity contribution in [2.24, 2.45) is 0 Å². The maximum atomic E-state index is 10.8. The van der Waals surface area contributed by atoms with Gasteiger partial charge in [-0.15, -0.1) is 0 Å². The van der Waals surface area contributed by atoms with Crippen molar-refractivity contribution in [3.05, 3.63) is 0 Å².